The molecule has 5 saturated heterocycles. The van der Waals surface area contributed by atoms with Crippen LogP contribution in [0.15, 0.2) is 69.0 Å². The summed E-state index contributed by atoms with van der Waals surface area (Å²) in [5, 5.41) is 21.1. The van der Waals surface area contributed by atoms with Gasteiger partial charge in [0.05, 0.1) is 58.1 Å². The molecule has 0 radical (unpaired) electrons. The van der Waals surface area contributed by atoms with Gasteiger partial charge in [-0.25, -0.2) is 52.8 Å². The number of aromatic amines is 2. The molecule has 0 aliphatic carbocycles. The number of nitrogens with one attached hydrogen (secondary N) is 2. The van der Waals surface area contributed by atoms with Crippen LogP contribution in [0, 0.1) is 0 Å². The van der Waals surface area contributed by atoms with E-state index in [-0.39, 0.29) is 75.7 Å². The number of fused-ring (bicyclic) bond motifs is 3. The van der Waals surface area contributed by atoms with Crippen molar-refractivity contribution in [3.63, 3.8) is 0 Å². The van der Waals surface area contributed by atoms with Crippen LogP contribution in [0.2, 0.25) is 0 Å². The zero-order chi connectivity index (χ0) is 70.9. The molecule has 8 aromatic rings. The first-order valence-electron chi connectivity index (χ1n) is 29.7. The molecular weight excluding hydrogens is 1430 g/mol. The van der Waals surface area contributed by atoms with Crippen molar-refractivity contribution in [2.75, 3.05) is 61.7 Å². The summed E-state index contributed by atoms with van der Waals surface area (Å²) in [5.74, 6) is -0.900. The van der Waals surface area contributed by atoms with Gasteiger partial charge in [0.1, 0.15) is 110 Å². The summed E-state index contributed by atoms with van der Waals surface area (Å²) >= 11 is 0. The third kappa shape index (κ3) is 15.2. The molecule has 5 fully saturated rings. The van der Waals surface area contributed by atoms with Crippen LogP contribution in [-0.2, 0) is 78.1 Å². The number of nitrogen functional groups attached to an aromatic ring is 5. The number of aromatic nitrogens is 16. The second kappa shape index (κ2) is 27.8. The molecule has 0 amide bonds. The first-order valence-corrected chi connectivity index (χ1v) is 35.7. The summed E-state index contributed by atoms with van der Waals surface area (Å²) in [6, 6.07) is 2.44. The Morgan fingerprint density at radius 1 is 0.460 bits per heavy atom. The minimum atomic E-state index is -5.51. The molecule has 52 heteroatoms. The van der Waals surface area contributed by atoms with Crippen LogP contribution < -0.4 is 51.2 Å². The minimum Gasteiger partial charge on any atom is -0.394 e. The number of phosphoric ester groups is 4. The minimum absolute atomic E-state index is 0.0128. The van der Waals surface area contributed by atoms with Gasteiger partial charge in [-0.3, -0.25) is 78.6 Å². The van der Waals surface area contributed by atoms with Crippen LogP contribution in [0.4, 0.5) is 29.4 Å². The van der Waals surface area contributed by atoms with Crippen molar-refractivity contribution < 1.29 is 108 Å². The van der Waals surface area contributed by atoms with Crippen LogP contribution >= 0.6 is 31.3 Å². The number of anilines is 5. The molecule has 5 aliphatic heterocycles. The Morgan fingerprint density at radius 2 is 0.810 bits per heavy atom. The third-order valence-electron chi connectivity index (χ3n) is 16.3. The zero-order valence-corrected chi connectivity index (χ0v) is 54.6. The number of H-pyrrole nitrogens is 2. The van der Waals surface area contributed by atoms with E-state index in [9.17, 15) is 67.2 Å². The molecular formula is C48H61N21O27P4. The molecule has 13 heterocycles. The maximum absolute atomic E-state index is 14.2. The Bertz CT molecular complexity index is 4850. The average molecular weight is 1490 g/mol. The number of nitrogens with zero attached hydrogens (tertiary/aromatic N) is 14. The summed E-state index contributed by atoms with van der Waals surface area (Å²) in [6.07, 6.45) is -15.8. The van der Waals surface area contributed by atoms with Crippen molar-refractivity contribution in [2.24, 2.45) is 0 Å². The van der Waals surface area contributed by atoms with Crippen LogP contribution in [-0.4, -0.2) is 202 Å². The molecule has 8 aromatic heterocycles. The maximum atomic E-state index is 14.2. The number of ether oxygens (including phenoxy) is 5. The molecule has 13 rings (SSSR count). The van der Waals surface area contributed by atoms with E-state index in [2.05, 4.69) is 54.8 Å². The van der Waals surface area contributed by atoms with Gasteiger partial charge in [-0.15, -0.1) is 0 Å². The monoisotopic (exact) mass is 1490 g/mol. The van der Waals surface area contributed by atoms with Gasteiger partial charge in [0.2, 0.25) is 11.9 Å². The zero-order valence-electron chi connectivity index (χ0n) is 51.0. The van der Waals surface area contributed by atoms with E-state index in [0.717, 1.165) is 21.7 Å². The summed E-state index contributed by atoms with van der Waals surface area (Å²) < 4.78 is 135. The molecule has 540 valence electrons. The second-order valence-corrected chi connectivity index (χ2v) is 28.5. The highest BCUT2D eigenvalue weighted by Gasteiger charge is 2.50. The molecule has 0 bridgehead atoms. The fourth-order valence-corrected chi connectivity index (χ4v) is 15.6. The number of nitrogens with two attached hydrogens (primary N) is 5. The van der Waals surface area contributed by atoms with Gasteiger partial charge < -0.3 is 82.1 Å². The summed E-state index contributed by atoms with van der Waals surface area (Å²) in [6.45, 7) is -4.53. The number of imidazole rings is 3. The molecule has 0 spiro atoms. The van der Waals surface area contributed by atoms with Crippen LogP contribution in [0.1, 0.15) is 63.2 Å². The molecule has 100 heavy (non-hydrogen) atoms. The SMILES string of the molecule is Nc1ccn([C@H]2C[C@H](OP(=O)(O)OC[C@H]3O[C@@H](n4cnc5c(=O)[nH]c(N)nc54)C[C@@H]3O)[C@@H](COP(=O)(O)O[C@H]3C[C@H](n4ccc(N)nc4=O)O[C@@H]3COP(=O)(O)O[C@H]3C[C@H](n4cnc5c(=O)[nH]c(N)nc54)O[C@@H]3COP(=O)(O)O[C@H]3C[C@H](n4cnc5c(N)ncnc54)O[C@@H]3CO)O2)c(=O)n1. The van der Waals surface area contributed by atoms with Gasteiger partial charge in [0.25, 0.3) is 11.1 Å². The predicted molar refractivity (Wildman–Crippen MR) is 329 cm³/mol. The van der Waals surface area contributed by atoms with Gasteiger partial charge >= 0.3 is 42.7 Å². The van der Waals surface area contributed by atoms with Gasteiger partial charge in [-0.1, -0.05) is 0 Å². The molecule has 0 saturated carbocycles. The molecule has 4 unspecified atom stereocenters. The van der Waals surface area contributed by atoms with Crippen molar-refractivity contribution in [1.29, 1.82) is 0 Å². The van der Waals surface area contributed by atoms with Gasteiger partial charge in [0, 0.05) is 44.5 Å². The number of aliphatic hydroxyl groups is 2. The molecule has 5 aliphatic rings. The van der Waals surface area contributed by atoms with Gasteiger partial charge in [-0.05, 0) is 12.1 Å². The van der Waals surface area contributed by atoms with Crippen molar-refractivity contribution >= 4 is 94.1 Å². The van der Waals surface area contributed by atoms with Crippen LogP contribution in [0.3, 0.4) is 0 Å². The molecule has 48 nitrogen and oxygen atoms in total. The van der Waals surface area contributed by atoms with E-state index in [1.165, 1.54) is 51.0 Å². The highest BCUT2D eigenvalue weighted by atomic mass is 31.2. The normalized spacial score (nSPS) is 29.6. The standard InChI is InChI=1S/C48H61N21O27P4/c49-29-1-3-65(47(74)59-29)32-7-21(94-97(76,77)84-11-25-19(71)5-31(89-25)68-17-57-37-41(68)61-45(52)63-43(37)72)26(90-32)12-86-99(80,81)95-22-8-33(66-4-2-30(50)60-48(66)75)91-27(22)13-87-100(82,83)96-23-9-35(69-18-58-38-42(69)62-46(53)64-44(38)73)92-28(23)14-85-98(78,79)93-20-6-34(88-24(20)10-70)67-16-56-36-39(51)54-15-55-40(36)67/h1-4,15-28,31-35,70-71H,5-14H2,(H,76,77)(H,78,79)(H,80,81)(H,82,83)(H2,49,59,74)(H2,50,60,75)(H2,51,54,55)(H3,52,61,63,72)(H3,53,62,64,73)/t19-,20-,21-,22-,23-,24+,25+,26+,27+,28+,31+,32+,33+,34+,35+/m0/s1. The first-order chi connectivity index (χ1) is 47.4. The van der Waals surface area contributed by atoms with Crippen molar-refractivity contribution in [1.82, 2.24) is 77.7 Å². The number of phosphoric acid groups is 4. The predicted octanol–water partition coefficient (Wildman–Crippen LogP) is -2.68. The van der Waals surface area contributed by atoms with E-state index < -0.39 is 198 Å². The highest BCUT2D eigenvalue weighted by molar-refractivity contribution is 7.48. The van der Waals surface area contributed by atoms with E-state index >= 15 is 0 Å². The smallest absolute Gasteiger partial charge is 0.394 e. The largest absolute Gasteiger partial charge is 0.472 e. The van der Waals surface area contributed by atoms with Crippen LogP contribution in [0.25, 0.3) is 33.5 Å². The van der Waals surface area contributed by atoms with Gasteiger partial charge in [0.15, 0.2) is 33.8 Å². The lowest BCUT2D eigenvalue weighted by molar-refractivity contribution is -0.0643. The van der Waals surface area contributed by atoms with E-state index in [4.69, 9.17) is 88.5 Å². The topological polar surface area (TPSA) is 680 Å². The second-order valence-electron chi connectivity index (χ2n) is 22.9. The Hall–Kier alpha value is -7.83. The number of aliphatic hydroxyl groups excluding tert-OH is 2. The van der Waals surface area contributed by atoms with Crippen molar-refractivity contribution in [3.05, 3.63) is 91.5 Å². The van der Waals surface area contributed by atoms with E-state index in [0.29, 0.717) is 0 Å². The lowest BCUT2D eigenvalue weighted by Crippen LogP contribution is -2.32. The Morgan fingerprint density at radius 3 is 1.22 bits per heavy atom. The number of rotatable bonds is 26. The van der Waals surface area contributed by atoms with E-state index in [1.807, 2.05) is 0 Å². The van der Waals surface area contributed by atoms with Crippen molar-refractivity contribution in [2.45, 2.75) is 124 Å². The highest BCUT2D eigenvalue weighted by Crippen LogP contribution is 2.55. The Kier molecular flexibility index (Phi) is 19.7. The average Bonchev–Trinajstić information content (AvgIpc) is 1.64. The third-order valence-corrected chi connectivity index (χ3v) is 20.4. The quantitative estimate of drug-likeness (QED) is 0.0246. The molecule has 18 N–H and O–H groups in total. The number of hydrogen-bond acceptors (Lipinski definition) is 37. The lowest BCUT2D eigenvalue weighted by Gasteiger charge is -2.25. The van der Waals surface area contributed by atoms with Crippen molar-refractivity contribution in [3.8, 4) is 0 Å². The maximum Gasteiger partial charge on any atom is 0.472 e. The molecule has 19 atom stereocenters. The fourth-order valence-electron chi connectivity index (χ4n) is 11.7. The number of hydrogen-bond donors (Lipinski definition) is 13. The van der Waals surface area contributed by atoms with E-state index in [1.54, 1.807) is 0 Å². The Balaban J connectivity index is 0.688. The van der Waals surface area contributed by atoms with Gasteiger partial charge in [-0.2, -0.15) is 19.9 Å². The summed E-state index contributed by atoms with van der Waals surface area (Å²) in [7, 11) is -21.5. The fraction of sp³-hybridized carbons (Fsp3) is 0.521. The van der Waals surface area contributed by atoms with Crippen LogP contribution in [0.5, 0.6) is 0 Å². The Labute approximate surface area is 555 Å². The lowest BCUT2D eigenvalue weighted by atomic mass is 10.2. The summed E-state index contributed by atoms with van der Waals surface area (Å²) in [5.41, 5.74) is 25.6. The summed E-state index contributed by atoms with van der Waals surface area (Å²) in [4.78, 5) is 137. The first kappa shape index (κ1) is 70.6. The molecule has 0 aromatic carbocycles.